The van der Waals surface area contributed by atoms with Gasteiger partial charge in [-0.25, -0.2) is 8.42 Å². The van der Waals surface area contributed by atoms with Crippen molar-refractivity contribution in [1.29, 1.82) is 0 Å². The summed E-state index contributed by atoms with van der Waals surface area (Å²) in [5, 5.41) is 2.49. The molecule has 2 rings (SSSR count). The first kappa shape index (κ1) is 18.0. The van der Waals surface area contributed by atoms with Crippen LogP contribution < -0.4 is 9.62 Å². The number of hydrogen-bond acceptors (Lipinski definition) is 3. The SMILES string of the molecule is CNC(=O)CN(c1cc(C)ccc1C)S(=O)(=O)c1ccc(C)cc1. The second kappa shape index (κ2) is 7.05. The van der Waals surface area contributed by atoms with Crippen LogP contribution in [-0.2, 0) is 14.8 Å². The molecule has 0 radical (unpaired) electrons. The molecule has 0 saturated carbocycles. The summed E-state index contributed by atoms with van der Waals surface area (Å²) in [4.78, 5) is 12.1. The standard InChI is InChI=1S/C18H22N2O3S/c1-13-6-9-16(10-7-13)24(22,23)20(12-18(21)19-4)17-11-14(2)5-8-15(17)3/h5-11H,12H2,1-4H3,(H,19,21). The Morgan fingerprint density at radius 1 is 1.00 bits per heavy atom. The number of rotatable bonds is 5. The maximum absolute atomic E-state index is 13.1. The molecular weight excluding hydrogens is 324 g/mol. The van der Waals surface area contributed by atoms with Crippen LogP contribution in [0, 0.1) is 20.8 Å². The van der Waals surface area contributed by atoms with Gasteiger partial charge in [0, 0.05) is 7.05 Å². The highest BCUT2D eigenvalue weighted by Gasteiger charge is 2.28. The number of aryl methyl sites for hydroxylation is 3. The summed E-state index contributed by atoms with van der Waals surface area (Å²) < 4.78 is 27.4. The van der Waals surface area contributed by atoms with Crippen molar-refractivity contribution in [2.45, 2.75) is 25.7 Å². The molecule has 24 heavy (non-hydrogen) atoms. The lowest BCUT2D eigenvalue weighted by atomic mass is 10.1. The van der Waals surface area contributed by atoms with Crippen LogP contribution in [0.5, 0.6) is 0 Å². The Hall–Kier alpha value is -2.34. The monoisotopic (exact) mass is 346 g/mol. The molecule has 128 valence electrons. The van der Waals surface area contributed by atoms with Gasteiger partial charge in [0.1, 0.15) is 6.54 Å². The fourth-order valence-electron chi connectivity index (χ4n) is 2.33. The van der Waals surface area contributed by atoms with E-state index < -0.39 is 10.0 Å². The summed E-state index contributed by atoms with van der Waals surface area (Å²) in [6, 6.07) is 12.2. The van der Waals surface area contributed by atoms with E-state index in [1.165, 1.54) is 11.4 Å². The van der Waals surface area contributed by atoms with Crippen molar-refractivity contribution in [3.05, 3.63) is 59.2 Å². The fourth-order valence-corrected chi connectivity index (χ4v) is 3.81. The number of nitrogens with one attached hydrogen (secondary N) is 1. The van der Waals surface area contributed by atoms with Crippen molar-refractivity contribution < 1.29 is 13.2 Å². The van der Waals surface area contributed by atoms with Crippen LogP contribution in [0.1, 0.15) is 16.7 Å². The predicted octanol–water partition coefficient (Wildman–Crippen LogP) is 2.55. The van der Waals surface area contributed by atoms with E-state index in [1.54, 1.807) is 30.3 Å². The lowest BCUT2D eigenvalue weighted by Crippen LogP contribution is -2.40. The Bertz CT molecular complexity index is 843. The average molecular weight is 346 g/mol. The lowest BCUT2D eigenvalue weighted by Gasteiger charge is -2.25. The Kier molecular flexibility index (Phi) is 5.29. The first-order chi connectivity index (χ1) is 11.3. The Morgan fingerprint density at radius 2 is 1.58 bits per heavy atom. The topological polar surface area (TPSA) is 66.5 Å². The van der Waals surface area contributed by atoms with E-state index in [-0.39, 0.29) is 17.3 Å². The molecule has 0 atom stereocenters. The maximum atomic E-state index is 13.1. The summed E-state index contributed by atoms with van der Waals surface area (Å²) in [6.45, 7) is 5.34. The Morgan fingerprint density at radius 3 is 2.17 bits per heavy atom. The van der Waals surface area contributed by atoms with Gasteiger partial charge in [-0.15, -0.1) is 0 Å². The van der Waals surface area contributed by atoms with Crippen LogP contribution in [0.25, 0.3) is 0 Å². The molecule has 0 bridgehead atoms. The number of anilines is 1. The van der Waals surface area contributed by atoms with Gasteiger partial charge < -0.3 is 5.32 Å². The van der Waals surface area contributed by atoms with Gasteiger partial charge in [0.25, 0.3) is 10.0 Å². The average Bonchev–Trinajstić information content (AvgIpc) is 2.55. The number of likely N-dealkylation sites (N-methyl/N-ethyl adjacent to an activating group) is 1. The molecule has 2 aromatic rings. The van der Waals surface area contributed by atoms with Gasteiger partial charge in [-0.05, 0) is 50.1 Å². The van der Waals surface area contributed by atoms with Gasteiger partial charge in [0.15, 0.2) is 0 Å². The molecule has 0 fully saturated rings. The molecule has 2 aromatic carbocycles. The van der Waals surface area contributed by atoms with Crippen molar-refractivity contribution in [1.82, 2.24) is 5.32 Å². The second-order valence-electron chi connectivity index (χ2n) is 5.79. The highest BCUT2D eigenvalue weighted by molar-refractivity contribution is 7.92. The third kappa shape index (κ3) is 3.76. The van der Waals surface area contributed by atoms with Crippen LogP contribution in [0.15, 0.2) is 47.4 Å². The Labute approximate surface area is 143 Å². The molecule has 0 spiro atoms. The van der Waals surface area contributed by atoms with Crippen molar-refractivity contribution in [2.24, 2.45) is 0 Å². The highest BCUT2D eigenvalue weighted by Crippen LogP contribution is 2.27. The summed E-state index contributed by atoms with van der Waals surface area (Å²) in [5.41, 5.74) is 3.20. The molecule has 0 aliphatic carbocycles. The molecule has 5 nitrogen and oxygen atoms in total. The molecule has 0 aromatic heterocycles. The number of nitrogens with zero attached hydrogens (tertiary/aromatic N) is 1. The third-order valence-corrected chi connectivity index (χ3v) is 5.58. The van der Waals surface area contributed by atoms with Gasteiger partial charge in [0.05, 0.1) is 10.6 Å². The molecule has 0 aliphatic rings. The van der Waals surface area contributed by atoms with Crippen LogP contribution in [-0.4, -0.2) is 27.9 Å². The van der Waals surface area contributed by atoms with E-state index in [0.717, 1.165) is 16.7 Å². The largest absolute Gasteiger partial charge is 0.358 e. The van der Waals surface area contributed by atoms with Gasteiger partial charge in [-0.3, -0.25) is 9.10 Å². The van der Waals surface area contributed by atoms with E-state index in [2.05, 4.69) is 5.32 Å². The fraction of sp³-hybridized carbons (Fsp3) is 0.278. The van der Waals surface area contributed by atoms with Gasteiger partial charge in [-0.2, -0.15) is 0 Å². The Balaban J connectivity index is 2.59. The van der Waals surface area contributed by atoms with E-state index in [9.17, 15) is 13.2 Å². The second-order valence-corrected chi connectivity index (χ2v) is 7.65. The minimum absolute atomic E-state index is 0.165. The summed E-state index contributed by atoms with van der Waals surface area (Å²) in [6.07, 6.45) is 0. The molecule has 6 heteroatoms. The first-order valence-corrected chi connectivity index (χ1v) is 9.07. The van der Waals surface area contributed by atoms with Crippen molar-refractivity contribution >= 4 is 21.6 Å². The lowest BCUT2D eigenvalue weighted by molar-refractivity contribution is -0.119. The van der Waals surface area contributed by atoms with E-state index in [4.69, 9.17) is 0 Å². The first-order valence-electron chi connectivity index (χ1n) is 7.63. The molecule has 0 saturated heterocycles. The zero-order chi connectivity index (χ0) is 17.9. The highest BCUT2D eigenvalue weighted by atomic mass is 32.2. The van der Waals surface area contributed by atoms with Crippen LogP contribution >= 0.6 is 0 Å². The number of benzene rings is 2. The summed E-state index contributed by atoms with van der Waals surface area (Å²) in [7, 11) is -2.35. The van der Waals surface area contributed by atoms with Gasteiger partial charge in [-0.1, -0.05) is 29.8 Å². The summed E-state index contributed by atoms with van der Waals surface area (Å²) >= 11 is 0. The zero-order valence-electron chi connectivity index (χ0n) is 14.3. The molecule has 0 unspecified atom stereocenters. The number of carbonyl (C=O) groups excluding carboxylic acids is 1. The summed E-state index contributed by atoms with van der Waals surface area (Å²) in [5.74, 6) is -0.369. The molecule has 1 N–H and O–H groups in total. The van der Waals surface area contributed by atoms with E-state index in [1.807, 2.05) is 32.9 Å². The molecule has 0 heterocycles. The number of hydrogen-bond donors (Lipinski definition) is 1. The smallest absolute Gasteiger partial charge is 0.264 e. The van der Waals surface area contributed by atoms with Crippen LogP contribution in [0.3, 0.4) is 0 Å². The van der Waals surface area contributed by atoms with Crippen molar-refractivity contribution in [2.75, 3.05) is 17.9 Å². The van der Waals surface area contributed by atoms with Crippen molar-refractivity contribution in [3.8, 4) is 0 Å². The van der Waals surface area contributed by atoms with E-state index >= 15 is 0 Å². The predicted molar refractivity (Wildman–Crippen MR) is 95.7 cm³/mol. The molecule has 0 aliphatic heterocycles. The quantitative estimate of drug-likeness (QED) is 0.905. The number of carbonyl (C=O) groups is 1. The maximum Gasteiger partial charge on any atom is 0.264 e. The van der Waals surface area contributed by atoms with Crippen LogP contribution in [0.2, 0.25) is 0 Å². The number of sulfonamides is 1. The normalized spacial score (nSPS) is 11.2. The minimum Gasteiger partial charge on any atom is -0.358 e. The van der Waals surface area contributed by atoms with Crippen molar-refractivity contribution in [3.63, 3.8) is 0 Å². The molecular formula is C18H22N2O3S. The zero-order valence-corrected chi connectivity index (χ0v) is 15.1. The minimum atomic E-state index is -3.84. The van der Waals surface area contributed by atoms with Crippen LogP contribution in [0.4, 0.5) is 5.69 Å². The molecule has 1 amide bonds. The number of amides is 1. The third-order valence-electron chi connectivity index (χ3n) is 3.81. The van der Waals surface area contributed by atoms with E-state index in [0.29, 0.717) is 5.69 Å². The van der Waals surface area contributed by atoms with Gasteiger partial charge in [0.2, 0.25) is 5.91 Å². The van der Waals surface area contributed by atoms with Gasteiger partial charge >= 0.3 is 0 Å².